The van der Waals surface area contributed by atoms with Crippen molar-refractivity contribution in [2.75, 3.05) is 0 Å². The molecular formula is C29H45NO8. The summed E-state index contributed by atoms with van der Waals surface area (Å²) < 4.78 is 21.7. The third kappa shape index (κ3) is 13.0. The van der Waals surface area contributed by atoms with E-state index in [0.29, 0.717) is 36.7 Å². The molecule has 0 unspecified atom stereocenters. The molecule has 0 heterocycles. The van der Waals surface area contributed by atoms with Crippen molar-refractivity contribution in [2.24, 2.45) is 17.6 Å². The molecule has 0 saturated heterocycles. The topological polar surface area (TPSA) is 131 Å². The smallest absolute Gasteiger partial charge is 0.323 e. The van der Waals surface area contributed by atoms with Gasteiger partial charge in [-0.1, -0.05) is 40.7 Å². The number of benzene rings is 1. The summed E-state index contributed by atoms with van der Waals surface area (Å²) in [7, 11) is 0. The summed E-state index contributed by atoms with van der Waals surface area (Å²) >= 11 is 0. The summed E-state index contributed by atoms with van der Waals surface area (Å²) in [5.74, 6) is -0.982. The molecule has 9 nitrogen and oxygen atoms in total. The van der Waals surface area contributed by atoms with E-state index in [4.69, 9.17) is 24.7 Å². The minimum Gasteiger partial charge on any atom is -0.459 e. The molecule has 0 amide bonds. The molecule has 0 aliphatic heterocycles. The molecule has 0 aromatic heterocycles. The predicted molar refractivity (Wildman–Crippen MR) is 144 cm³/mol. The van der Waals surface area contributed by atoms with Crippen LogP contribution in [0, 0.1) is 11.8 Å². The average molecular weight is 536 g/mol. The van der Waals surface area contributed by atoms with Gasteiger partial charge in [0.2, 0.25) is 0 Å². The van der Waals surface area contributed by atoms with E-state index in [0.717, 1.165) is 0 Å². The number of hydrogen-bond acceptors (Lipinski definition) is 9. The molecule has 0 fully saturated rings. The van der Waals surface area contributed by atoms with Gasteiger partial charge in [-0.3, -0.25) is 19.2 Å². The molecule has 1 aromatic carbocycles. The summed E-state index contributed by atoms with van der Waals surface area (Å²) in [6, 6.07) is 3.72. The number of rotatable bonds is 16. The Kier molecular flexibility index (Phi) is 14.6. The van der Waals surface area contributed by atoms with Crippen molar-refractivity contribution in [1.82, 2.24) is 0 Å². The number of hydrogen-bond donors (Lipinski definition) is 1. The zero-order valence-electron chi connectivity index (χ0n) is 23.9. The van der Waals surface area contributed by atoms with Crippen molar-refractivity contribution in [3.8, 4) is 11.5 Å². The maximum atomic E-state index is 12.6. The van der Waals surface area contributed by atoms with Crippen LogP contribution in [0.5, 0.6) is 11.5 Å². The van der Waals surface area contributed by atoms with E-state index < -0.39 is 36.2 Å². The third-order valence-electron chi connectivity index (χ3n) is 5.80. The van der Waals surface area contributed by atoms with Gasteiger partial charge < -0.3 is 24.7 Å². The second-order valence-electron chi connectivity index (χ2n) is 10.5. The van der Waals surface area contributed by atoms with Crippen molar-refractivity contribution in [2.45, 2.75) is 112 Å². The highest BCUT2D eigenvalue weighted by Crippen LogP contribution is 2.30. The predicted octanol–water partition coefficient (Wildman–Crippen LogP) is 4.90. The van der Waals surface area contributed by atoms with Crippen LogP contribution in [-0.2, 0) is 35.1 Å². The molecule has 38 heavy (non-hydrogen) atoms. The largest absolute Gasteiger partial charge is 0.459 e. The molecule has 0 saturated carbocycles. The quantitative estimate of drug-likeness (QED) is 0.232. The molecule has 1 rings (SSSR count). The van der Waals surface area contributed by atoms with Gasteiger partial charge in [0, 0.05) is 19.3 Å². The highest BCUT2D eigenvalue weighted by molar-refractivity contribution is 5.77. The van der Waals surface area contributed by atoms with Gasteiger partial charge in [0.05, 0.1) is 0 Å². The van der Waals surface area contributed by atoms with Gasteiger partial charge in [0.1, 0.15) is 18.2 Å². The molecule has 0 bridgehead atoms. The Morgan fingerprint density at radius 3 is 1.79 bits per heavy atom. The molecule has 3 atom stereocenters. The summed E-state index contributed by atoms with van der Waals surface area (Å²) in [4.78, 5) is 49.0. The number of carbonyl (C=O) groups excluding carboxylic acids is 4. The molecule has 9 heteroatoms. The van der Waals surface area contributed by atoms with Gasteiger partial charge in [0.25, 0.3) is 0 Å². The molecule has 2 N–H and O–H groups in total. The lowest BCUT2D eigenvalue weighted by atomic mass is 10.1. The number of ether oxygens (including phenoxy) is 4. The number of carbonyl (C=O) groups is 4. The van der Waals surface area contributed by atoms with Crippen molar-refractivity contribution < 1.29 is 38.1 Å². The summed E-state index contributed by atoms with van der Waals surface area (Å²) in [5.41, 5.74) is 6.69. The van der Waals surface area contributed by atoms with E-state index in [1.54, 1.807) is 26.0 Å². The first kappa shape index (κ1) is 33.1. The minimum atomic E-state index is -1.01. The van der Waals surface area contributed by atoms with Crippen molar-refractivity contribution in [3.05, 3.63) is 23.8 Å². The molecule has 0 radical (unpaired) electrons. The standard InChI is InChI=1S/C29H45NO8/c1-8-9-26(31)35-20(6)21(7)36-29(34)23(30)16-22-12-13-24(37-27(32)14-10-18(2)3)25(17-22)38-28(33)15-11-19(4)5/h12-13,17-21,23H,8-11,14-16,30H2,1-7H3/t20-,21-,23-/m0/s1. The first-order valence-corrected chi connectivity index (χ1v) is 13.5. The fraction of sp³-hybridized carbons (Fsp3) is 0.655. The first-order chi connectivity index (χ1) is 17.8. The summed E-state index contributed by atoms with van der Waals surface area (Å²) in [6.45, 7) is 13.2. The number of esters is 4. The van der Waals surface area contributed by atoms with Gasteiger partial charge >= 0.3 is 23.9 Å². The molecule has 1 aromatic rings. The van der Waals surface area contributed by atoms with E-state index >= 15 is 0 Å². The maximum absolute atomic E-state index is 12.6. The fourth-order valence-corrected chi connectivity index (χ4v) is 3.27. The van der Waals surface area contributed by atoms with Gasteiger partial charge in [-0.15, -0.1) is 0 Å². The van der Waals surface area contributed by atoms with Gasteiger partial charge in [0.15, 0.2) is 11.5 Å². The first-order valence-electron chi connectivity index (χ1n) is 13.5. The highest BCUT2D eigenvalue weighted by atomic mass is 16.6. The normalized spacial score (nSPS) is 13.5. The Morgan fingerprint density at radius 2 is 1.26 bits per heavy atom. The monoisotopic (exact) mass is 535 g/mol. The van der Waals surface area contributed by atoms with Crippen molar-refractivity contribution in [3.63, 3.8) is 0 Å². The summed E-state index contributed by atoms with van der Waals surface area (Å²) in [5, 5.41) is 0. The lowest BCUT2D eigenvalue weighted by Gasteiger charge is -2.22. The van der Waals surface area contributed by atoms with Crippen LogP contribution in [0.25, 0.3) is 0 Å². The van der Waals surface area contributed by atoms with E-state index in [2.05, 4.69) is 0 Å². The van der Waals surface area contributed by atoms with Crippen LogP contribution in [0.1, 0.15) is 92.6 Å². The molecule has 0 aliphatic rings. The van der Waals surface area contributed by atoms with Gasteiger partial charge in [-0.05, 0) is 69.1 Å². The zero-order chi connectivity index (χ0) is 28.8. The van der Waals surface area contributed by atoms with E-state index in [-0.39, 0.29) is 43.2 Å². The Hall–Kier alpha value is -2.94. The van der Waals surface area contributed by atoms with Crippen LogP contribution < -0.4 is 15.2 Å². The minimum absolute atomic E-state index is 0.0909. The second-order valence-corrected chi connectivity index (χ2v) is 10.5. The van der Waals surface area contributed by atoms with Gasteiger partial charge in [-0.2, -0.15) is 0 Å². The van der Waals surface area contributed by atoms with Crippen LogP contribution in [-0.4, -0.2) is 42.1 Å². The zero-order valence-corrected chi connectivity index (χ0v) is 23.9. The van der Waals surface area contributed by atoms with Crippen molar-refractivity contribution in [1.29, 1.82) is 0 Å². The average Bonchev–Trinajstić information content (AvgIpc) is 2.82. The Morgan fingerprint density at radius 1 is 0.737 bits per heavy atom. The lowest BCUT2D eigenvalue weighted by Crippen LogP contribution is -2.39. The van der Waals surface area contributed by atoms with Crippen LogP contribution in [0.2, 0.25) is 0 Å². The maximum Gasteiger partial charge on any atom is 0.323 e. The van der Waals surface area contributed by atoms with Gasteiger partial charge in [-0.25, -0.2) is 0 Å². The lowest BCUT2D eigenvalue weighted by molar-refractivity contribution is -0.166. The van der Waals surface area contributed by atoms with Crippen LogP contribution >= 0.6 is 0 Å². The third-order valence-corrected chi connectivity index (χ3v) is 5.80. The Balaban J connectivity index is 2.93. The van der Waals surface area contributed by atoms with Crippen LogP contribution in [0.3, 0.4) is 0 Å². The van der Waals surface area contributed by atoms with Crippen LogP contribution in [0.4, 0.5) is 0 Å². The summed E-state index contributed by atoms with van der Waals surface area (Å²) in [6.07, 6.45) is 1.52. The Labute approximate surface area is 226 Å². The van der Waals surface area contributed by atoms with Crippen molar-refractivity contribution >= 4 is 23.9 Å². The SMILES string of the molecule is CCCC(=O)O[C@@H](C)[C@H](C)OC(=O)[C@@H](N)Cc1ccc(OC(=O)CCC(C)C)c(OC(=O)CCC(C)C)c1. The highest BCUT2D eigenvalue weighted by Gasteiger charge is 2.25. The molecule has 214 valence electrons. The fourth-order valence-electron chi connectivity index (χ4n) is 3.27. The molecular weight excluding hydrogens is 490 g/mol. The molecule has 0 spiro atoms. The van der Waals surface area contributed by atoms with E-state index in [1.807, 2.05) is 34.6 Å². The Bertz CT molecular complexity index is 927. The molecule has 0 aliphatic carbocycles. The van der Waals surface area contributed by atoms with E-state index in [1.165, 1.54) is 6.07 Å². The number of nitrogens with two attached hydrogens (primary N) is 1. The van der Waals surface area contributed by atoms with Crippen LogP contribution in [0.15, 0.2) is 18.2 Å². The second kappa shape index (κ2) is 16.8. The van der Waals surface area contributed by atoms with E-state index in [9.17, 15) is 19.2 Å².